The molecular weight excluding hydrogens is 681 g/mol. The van der Waals surface area contributed by atoms with Gasteiger partial charge in [-0.3, -0.25) is 24.5 Å². The van der Waals surface area contributed by atoms with Gasteiger partial charge in [0.2, 0.25) is 11.9 Å². The zero-order valence-corrected chi connectivity index (χ0v) is 29.0. The van der Waals surface area contributed by atoms with E-state index < -0.39 is 49.9 Å². The van der Waals surface area contributed by atoms with E-state index in [0.29, 0.717) is 11.5 Å². The van der Waals surface area contributed by atoms with Crippen molar-refractivity contribution in [3.63, 3.8) is 0 Å². The van der Waals surface area contributed by atoms with Gasteiger partial charge in [-0.2, -0.15) is 4.98 Å². The molecule has 0 spiro atoms. The van der Waals surface area contributed by atoms with Gasteiger partial charge in [-0.25, -0.2) is 4.98 Å². The van der Waals surface area contributed by atoms with Gasteiger partial charge in [-0.15, -0.1) is 9.42 Å². The van der Waals surface area contributed by atoms with Crippen LogP contribution >= 0.6 is 8.25 Å². The highest BCUT2D eigenvalue weighted by atomic mass is 31.1. The number of rotatable bonds is 13. The third-order valence-electron chi connectivity index (χ3n) is 8.63. The van der Waals surface area contributed by atoms with E-state index in [2.05, 4.69) is 20.3 Å². The average Bonchev–Trinajstić information content (AvgIpc) is 3.69. The van der Waals surface area contributed by atoms with Gasteiger partial charge in [-0.1, -0.05) is 68.4 Å². The molecule has 1 saturated heterocycles. The van der Waals surface area contributed by atoms with E-state index >= 15 is 0 Å². The van der Waals surface area contributed by atoms with E-state index in [1.165, 1.54) is 10.9 Å². The first-order valence-electron chi connectivity index (χ1n) is 16.0. The summed E-state index contributed by atoms with van der Waals surface area (Å²) >= 11 is 0. The molecule has 6 rings (SSSR count). The minimum absolute atomic E-state index is 0.0200. The van der Waals surface area contributed by atoms with Crippen molar-refractivity contribution in [2.75, 3.05) is 26.1 Å². The lowest BCUT2D eigenvalue weighted by atomic mass is 9.80. The van der Waals surface area contributed by atoms with Crippen molar-refractivity contribution in [2.45, 2.75) is 44.0 Å². The Labute approximate surface area is 293 Å². The number of imidazole rings is 1. The Morgan fingerprint density at radius 3 is 2.14 bits per heavy atom. The highest BCUT2D eigenvalue weighted by molar-refractivity contribution is 7.32. The van der Waals surface area contributed by atoms with Crippen molar-refractivity contribution < 1.29 is 42.8 Å². The fraction of sp³-hybridized carbons (Fsp3) is 0.314. The van der Waals surface area contributed by atoms with Crippen molar-refractivity contribution >= 4 is 31.3 Å². The third-order valence-corrected chi connectivity index (χ3v) is 9.06. The summed E-state index contributed by atoms with van der Waals surface area (Å²) < 4.78 is 42.7. The monoisotopic (exact) mass is 718 g/mol. The molecule has 3 heterocycles. The molecule has 2 aromatic heterocycles. The number of fused-ring (bicyclic) bond motifs is 1. The number of amides is 1. The van der Waals surface area contributed by atoms with Gasteiger partial charge in [0.1, 0.15) is 29.3 Å². The molecule has 51 heavy (non-hydrogen) atoms. The Bertz CT molecular complexity index is 2010. The lowest BCUT2D eigenvalue weighted by Crippen LogP contribution is -2.40. The van der Waals surface area contributed by atoms with Gasteiger partial charge < -0.3 is 24.1 Å². The molecular formula is C35H37N5O10P+. The zero-order valence-electron chi connectivity index (χ0n) is 28.1. The first-order valence-corrected chi connectivity index (χ1v) is 17.1. The molecule has 3 aromatic carbocycles. The van der Waals surface area contributed by atoms with Crippen LogP contribution in [0.2, 0.25) is 0 Å². The second-order valence-corrected chi connectivity index (χ2v) is 12.7. The topological polar surface area (TPSA) is 196 Å². The summed E-state index contributed by atoms with van der Waals surface area (Å²) in [6, 6.07) is 24.3. The number of hydrogen-bond acceptors (Lipinski definition) is 11. The van der Waals surface area contributed by atoms with E-state index in [9.17, 15) is 24.2 Å². The van der Waals surface area contributed by atoms with E-state index in [-0.39, 0.29) is 29.6 Å². The van der Waals surface area contributed by atoms with Crippen LogP contribution in [0.5, 0.6) is 11.5 Å². The molecule has 5 atom stereocenters. The SMILES string of the molecule is COc1ccc(C(OC[C@H]2O[C@@H](n3cnc4c(=O)[nH]c(NC(=O)C(C)C)nc43)C(O[P+](=O)O)C2O)(c2ccccc2)c2ccc(OC)cc2)cc1. The van der Waals surface area contributed by atoms with Crippen LogP contribution in [-0.2, 0) is 29.0 Å². The summed E-state index contributed by atoms with van der Waals surface area (Å²) in [6.45, 7) is 3.11. The Morgan fingerprint density at radius 1 is 1.00 bits per heavy atom. The molecule has 16 heteroatoms. The number of aliphatic hydroxyl groups excluding tert-OH is 1. The number of ether oxygens (including phenoxy) is 4. The quantitative estimate of drug-likeness (QED) is 0.101. The Morgan fingerprint density at radius 2 is 1.59 bits per heavy atom. The molecule has 0 radical (unpaired) electrons. The van der Waals surface area contributed by atoms with E-state index in [1.807, 2.05) is 78.9 Å². The lowest BCUT2D eigenvalue weighted by molar-refractivity contribution is -0.118. The number of carbonyl (C=O) groups is 1. The smallest absolute Gasteiger partial charge is 0.497 e. The zero-order chi connectivity index (χ0) is 36.3. The lowest BCUT2D eigenvalue weighted by Gasteiger charge is -2.37. The third kappa shape index (κ3) is 7.13. The summed E-state index contributed by atoms with van der Waals surface area (Å²) in [5.41, 5.74) is 0.201. The van der Waals surface area contributed by atoms with Gasteiger partial charge >= 0.3 is 8.25 Å². The summed E-state index contributed by atoms with van der Waals surface area (Å²) in [5.74, 6) is 0.351. The molecule has 1 amide bonds. The minimum Gasteiger partial charge on any atom is -0.497 e. The van der Waals surface area contributed by atoms with Crippen molar-refractivity contribution in [1.29, 1.82) is 0 Å². The Kier molecular flexibility index (Phi) is 10.6. The van der Waals surface area contributed by atoms with Crippen LogP contribution < -0.4 is 20.3 Å². The second-order valence-electron chi connectivity index (χ2n) is 12.1. The van der Waals surface area contributed by atoms with Crippen LogP contribution in [0.15, 0.2) is 90.0 Å². The van der Waals surface area contributed by atoms with Crippen LogP contribution in [0, 0.1) is 5.92 Å². The second kappa shape index (κ2) is 15.1. The van der Waals surface area contributed by atoms with Gasteiger partial charge in [0, 0.05) is 10.5 Å². The molecule has 0 saturated carbocycles. The number of methoxy groups -OCH3 is 2. The van der Waals surface area contributed by atoms with Gasteiger partial charge in [0.05, 0.1) is 27.2 Å². The standard InChI is InChI=1S/C35H36N5O10P/c1-20(2)31(42)38-34-37-30-27(32(43)39-34)36-19-40(30)33-29(50-51(44)45)28(41)26(49-33)18-48-35(21-8-6-5-7-9-21,22-10-14-24(46-3)15-11-22)23-12-16-25(47-4)17-13-23/h5-17,19-20,26,28-29,33,41H,18H2,1-4H3,(H2-,37,38,39,42,43,44,45)/p+1/t26-,28?,29?,33-/m1/s1. The average molecular weight is 719 g/mol. The normalized spacial score (nSPS) is 19.3. The summed E-state index contributed by atoms with van der Waals surface area (Å²) in [5, 5.41) is 14.1. The summed E-state index contributed by atoms with van der Waals surface area (Å²) in [4.78, 5) is 46.1. The molecule has 1 aliphatic heterocycles. The van der Waals surface area contributed by atoms with Crippen LogP contribution in [0.3, 0.4) is 0 Å². The van der Waals surface area contributed by atoms with Gasteiger partial charge in [-0.05, 0) is 41.0 Å². The van der Waals surface area contributed by atoms with Crippen LogP contribution in [0.4, 0.5) is 5.95 Å². The fourth-order valence-electron chi connectivity index (χ4n) is 6.01. The summed E-state index contributed by atoms with van der Waals surface area (Å²) in [6.07, 6.45) is -4.10. The van der Waals surface area contributed by atoms with E-state index in [0.717, 1.165) is 16.7 Å². The number of carbonyl (C=O) groups excluding carboxylic acids is 1. The highest BCUT2D eigenvalue weighted by Crippen LogP contribution is 2.44. The largest absolute Gasteiger partial charge is 0.695 e. The number of aromatic amines is 1. The minimum atomic E-state index is -3.22. The van der Waals surface area contributed by atoms with Crippen LogP contribution in [-0.4, -0.2) is 74.6 Å². The molecule has 1 fully saturated rings. The van der Waals surface area contributed by atoms with Crippen molar-refractivity contribution in [2.24, 2.45) is 5.92 Å². The highest BCUT2D eigenvalue weighted by Gasteiger charge is 2.52. The molecule has 3 unspecified atom stereocenters. The van der Waals surface area contributed by atoms with Gasteiger partial charge in [0.25, 0.3) is 5.56 Å². The summed E-state index contributed by atoms with van der Waals surface area (Å²) in [7, 11) is -0.0693. The molecule has 266 valence electrons. The molecule has 15 nitrogen and oxygen atoms in total. The first kappa shape index (κ1) is 35.8. The van der Waals surface area contributed by atoms with Crippen molar-refractivity contribution in [3.8, 4) is 11.5 Å². The number of H-pyrrole nitrogens is 1. The number of aromatic nitrogens is 4. The van der Waals surface area contributed by atoms with E-state index in [4.69, 9.17) is 23.5 Å². The van der Waals surface area contributed by atoms with Gasteiger partial charge in [0.15, 0.2) is 23.5 Å². The predicted octanol–water partition coefficient (Wildman–Crippen LogP) is 4.03. The van der Waals surface area contributed by atoms with Crippen molar-refractivity contribution in [3.05, 3.63) is 112 Å². The number of nitrogens with zero attached hydrogens (tertiary/aromatic N) is 3. The van der Waals surface area contributed by atoms with Crippen molar-refractivity contribution in [1.82, 2.24) is 19.5 Å². The molecule has 4 N–H and O–H groups in total. The number of benzene rings is 3. The molecule has 5 aromatic rings. The maximum absolute atomic E-state index is 12.9. The first-order chi connectivity index (χ1) is 24.5. The molecule has 0 aliphatic carbocycles. The van der Waals surface area contributed by atoms with E-state index in [1.54, 1.807) is 28.1 Å². The number of anilines is 1. The number of hydrogen-bond donors (Lipinski definition) is 4. The van der Waals surface area contributed by atoms with Crippen LogP contribution in [0.1, 0.15) is 36.8 Å². The number of nitrogens with one attached hydrogen (secondary N) is 2. The predicted molar refractivity (Wildman–Crippen MR) is 184 cm³/mol. The van der Waals surface area contributed by atoms with Crippen LogP contribution in [0.25, 0.3) is 11.2 Å². The maximum atomic E-state index is 12.9. The Balaban J connectivity index is 1.40. The molecule has 1 aliphatic rings. The Hall–Kier alpha value is -5.02. The number of aliphatic hydroxyl groups is 1. The maximum Gasteiger partial charge on any atom is 0.695 e. The fourth-order valence-corrected chi connectivity index (χ4v) is 6.45. The molecule has 0 bridgehead atoms.